The van der Waals surface area contributed by atoms with E-state index >= 15 is 0 Å². The Morgan fingerprint density at radius 3 is 2.23 bits per heavy atom. The highest BCUT2D eigenvalue weighted by molar-refractivity contribution is 7.80. The number of hydrogen-bond donors (Lipinski definition) is 4. The molecule has 0 aromatic heterocycles. The van der Waals surface area contributed by atoms with Crippen molar-refractivity contribution >= 4 is 63.9 Å². The summed E-state index contributed by atoms with van der Waals surface area (Å²) in [6.45, 7) is 0. The van der Waals surface area contributed by atoms with Crippen molar-refractivity contribution in [2.24, 2.45) is 11.8 Å². The van der Waals surface area contributed by atoms with Crippen LogP contribution >= 0.6 is 35.8 Å². The Hall–Kier alpha value is -2.15. The molecule has 1 aliphatic heterocycles. The van der Waals surface area contributed by atoms with Crippen molar-refractivity contribution in [1.82, 2.24) is 5.32 Å². The monoisotopic (exact) mass is 599 g/mol. The van der Waals surface area contributed by atoms with Gasteiger partial charge in [-0.15, -0.1) is 0 Å². The van der Waals surface area contributed by atoms with Crippen LogP contribution in [0.3, 0.4) is 0 Å². The number of amides is 1. The zero-order valence-electron chi connectivity index (χ0n) is 22.5. The van der Waals surface area contributed by atoms with Gasteiger partial charge in [0, 0.05) is 22.5 Å². The summed E-state index contributed by atoms with van der Waals surface area (Å²) < 4.78 is 14.7. The summed E-state index contributed by atoms with van der Waals surface area (Å²) in [5.74, 6) is -0.810. The van der Waals surface area contributed by atoms with E-state index in [4.69, 9.17) is 35.8 Å². The average molecular weight is 601 g/mol. The van der Waals surface area contributed by atoms with Gasteiger partial charge in [0.1, 0.15) is 11.5 Å². The smallest absolute Gasteiger partial charge is 0.227 e. The molecule has 0 spiro atoms. The van der Waals surface area contributed by atoms with Gasteiger partial charge in [-0.05, 0) is 54.7 Å². The molecule has 4 nitrogen and oxygen atoms in total. The molecule has 2 saturated carbocycles. The Labute approximate surface area is 251 Å². The van der Waals surface area contributed by atoms with Gasteiger partial charge in [-0.2, -0.15) is 12.6 Å². The summed E-state index contributed by atoms with van der Waals surface area (Å²) in [4.78, 5) is 14.5. The summed E-state index contributed by atoms with van der Waals surface area (Å²) in [5.41, 5.74) is 1.12. The lowest BCUT2D eigenvalue weighted by Crippen LogP contribution is -2.61. The van der Waals surface area contributed by atoms with Crippen LogP contribution in [0.4, 0.5) is 15.8 Å². The average Bonchev–Trinajstić information content (AvgIpc) is 3.32. The first-order valence-corrected chi connectivity index (χ1v) is 15.9. The van der Waals surface area contributed by atoms with Crippen LogP contribution in [0.2, 0.25) is 10.0 Å². The van der Waals surface area contributed by atoms with E-state index in [1.165, 1.54) is 18.9 Å². The lowest BCUT2D eigenvalue weighted by molar-refractivity contribution is -0.130. The molecule has 6 rings (SSSR count). The van der Waals surface area contributed by atoms with E-state index in [0.29, 0.717) is 16.4 Å². The molecule has 3 aliphatic rings. The van der Waals surface area contributed by atoms with Crippen molar-refractivity contribution in [3.05, 3.63) is 70.0 Å². The zero-order valence-corrected chi connectivity index (χ0v) is 24.9. The Bertz CT molecular complexity index is 1370. The molecule has 8 heteroatoms. The number of fused-ring (bicyclic) bond motifs is 2. The Morgan fingerprint density at radius 1 is 0.900 bits per heavy atom. The summed E-state index contributed by atoms with van der Waals surface area (Å²) >= 11 is 18.3. The number of rotatable bonds is 6. The van der Waals surface area contributed by atoms with Crippen LogP contribution in [-0.2, 0) is 4.79 Å². The lowest BCUT2D eigenvalue weighted by atomic mass is 9.71. The van der Waals surface area contributed by atoms with Gasteiger partial charge in [-0.3, -0.25) is 4.79 Å². The van der Waals surface area contributed by atoms with E-state index in [9.17, 15) is 9.18 Å². The second-order valence-electron chi connectivity index (χ2n) is 11.7. The normalized spacial score (nSPS) is 23.2. The van der Waals surface area contributed by atoms with Crippen LogP contribution in [0.1, 0.15) is 75.0 Å². The molecule has 1 amide bonds. The molecule has 3 aromatic carbocycles. The fraction of sp³-hybridized carbons (Fsp3) is 0.469. The highest BCUT2D eigenvalue weighted by Crippen LogP contribution is 2.53. The zero-order chi connectivity index (χ0) is 27.9. The predicted molar refractivity (Wildman–Crippen MR) is 167 cm³/mol. The van der Waals surface area contributed by atoms with Crippen molar-refractivity contribution in [1.29, 1.82) is 0 Å². The third-order valence-electron chi connectivity index (χ3n) is 9.20. The first-order valence-electron chi connectivity index (χ1n) is 14.6. The maximum absolute atomic E-state index is 14.7. The molecule has 0 bridgehead atoms. The molecule has 1 heterocycles. The highest BCUT2D eigenvalue weighted by atomic mass is 35.5. The summed E-state index contributed by atoms with van der Waals surface area (Å²) in [5, 5.41) is 12.8. The molecular weight excluding hydrogens is 564 g/mol. The molecule has 2 aliphatic carbocycles. The van der Waals surface area contributed by atoms with Crippen LogP contribution in [0.15, 0.2) is 48.5 Å². The van der Waals surface area contributed by atoms with Gasteiger partial charge in [0.05, 0.1) is 27.6 Å². The van der Waals surface area contributed by atoms with Gasteiger partial charge in [0.2, 0.25) is 5.91 Å². The van der Waals surface area contributed by atoms with E-state index < -0.39 is 22.6 Å². The minimum Gasteiger partial charge on any atom is -0.359 e. The van der Waals surface area contributed by atoms with Gasteiger partial charge in [0.25, 0.3) is 0 Å². The molecule has 3 N–H and O–H groups in total. The summed E-state index contributed by atoms with van der Waals surface area (Å²) in [6.07, 6.45) is 10.7. The van der Waals surface area contributed by atoms with Gasteiger partial charge >= 0.3 is 0 Å². The number of benzene rings is 3. The summed E-state index contributed by atoms with van der Waals surface area (Å²) in [7, 11) is 0. The molecule has 3 aromatic rings. The fourth-order valence-electron chi connectivity index (χ4n) is 7.29. The van der Waals surface area contributed by atoms with Crippen molar-refractivity contribution in [2.45, 2.75) is 81.2 Å². The predicted octanol–water partition coefficient (Wildman–Crippen LogP) is 9.14. The SMILES string of the molecule is O=C(NC1CCCCC1)C(C1CCCCC1)C1(C(S)c2cccc3cccc(Cl)c23)Nc2cc(F)c(Cl)cc2N1. The van der Waals surface area contributed by atoms with Crippen LogP contribution < -0.4 is 16.0 Å². The molecule has 2 fully saturated rings. The van der Waals surface area contributed by atoms with Crippen molar-refractivity contribution < 1.29 is 9.18 Å². The molecule has 3 atom stereocenters. The minimum atomic E-state index is -1.04. The Kier molecular flexibility index (Phi) is 8.13. The number of carbonyl (C=O) groups excluding carboxylic acids is 1. The van der Waals surface area contributed by atoms with Crippen LogP contribution in [-0.4, -0.2) is 17.6 Å². The molecule has 212 valence electrons. The van der Waals surface area contributed by atoms with Crippen LogP contribution in [0.25, 0.3) is 10.8 Å². The van der Waals surface area contributed by atoms with E-state index in [1.54, 1.807) is 6.07 Å². The van der Waals surface area contributed by atoms with Crippen molar-refractivity contribution in [3.8, 4) is 0 Å². The minimum absolute atomic E-state index is 0.0311. The van der Waals surface area contributed by atoms with E-state index in [0.717, 1.165) is 67.7 Å². The molecule has 40 heavy (non-hydrogen) atoms. The molecule has 3 unspecified atom stereocenters. The maximum atomic E-state index is 14.7. The van der Waals surface area contributed by atoms with Crippen LogP contribution in [0, 0.1) is 17.7 Å². The van der Waals surface area contributed by atoms with Gasteiger partial charge in [0.15, 0.2) is 0 Å². The van der Waals surface area contributed by atoms with E-state index in [-0.39, 0.29) is 22.9 Å². The van der Waals surface area contributed by atoms with Gasteiger partial charge in [-0.1, -0.05) is 92.1 Å². The number of anilines is 2. The topological polar surface area (TPSA) is 53.2 Å². The highest BCUT2D eigenvalue weighted by Gasteiger charge is 2.55. The van der Waals surface area contributed by atoms with Crippen molar-refractivity contribution in [3.63, 3.8) is 0 Å². The van der Waals surface area contributed by atoms with E-state index in [2.05, 4.69) is 16.0 Å². The Morgan fingerprint density at radius 2 is 1.52 bits per heavy atom. The second-order valence-corrected chi connectivity index (χ2v) is 13.1. The lowest BCUT2D eigenvalue weighted by Gasteiger charge is -2.46. The molecule has 0 radical (unpaired) electrons. The molecule has 0 saturated heterocycles. The van der Waals surface area contributed by atoms with Gasteiger partial charge in [-0.25, -0.2) is 4.39 Å². The number of hydrogen-bond acceptors (Lipinski definition) is 4. The number of halogens is 3. The fourth-order valence-corrected chi connectivity index (χ4v) is 8.25. The first-order chi connectivity index (χ1) is 19.4. The quantitative estimate of drug-likeness (QED) is 0.214. The van der Waals surface area contributed by atoms with Gasteiger partial charge < -0.3 is 16.0 Å². The second kappa shape index (κ2) is 11.6. The number of nitrogens with one attached hydrogen (secondary N) is 3. The third-order valence-corrected chi connectivity index (χ3v) is 10.5. The summed E-state index contributed by atoms with van der Waals surface area (Å²) in [6, 6.07) is 15.1. The standard InChI is InChI=1S/C32H36Cl2FN3OS/c33-23-16-8-12-19-11-7-15-22(28(19)23)30(40)32(37-26-17-24(34)25(35)18-27(26)38-32)29(20-9-3-1-4-10-20)31(39)36-21-13-5-2-6-14-21/h7-8,11-12,15-18,20-21,29-30,37-38,40H,1-6,9-10,13-14H2,(H,36,39). The third kappa shape index (κ3) is 5.16. The van der Waals surface area contributed by atoms with E-state index in [1.807, 2.05) is 36.4 Å². The Balaban J connectivity index is 1.50. The largest absolute Gasteiger partial charge is 0.359 e. The number of carbonyl (C=O) groups is 1. The molecular formula is C32H36Cl2FN3OS. The van der Waals surface area contributed by atoms with Crippen molar-refractivity contribution in [2.75, 3.05) is 10.6 Å². The first kappa shape index (κ1) is 28.0. The van der Waals surface area contributed by atoms with Crippen LogP contribution in [0.5, 0.6) is 0 Å². The number of thiol groups is 1. The maximum Gasteiger partial charge on any atom is 0.227 e.